The van der Waals surface area contributed by atoms with Crippen LogP contribution in [0.5, 0.6) is 0 Å². The van der Waals surface area contributed by atoms with E-state index in [0.29, 0.717) is 47.1 Å². The summed E-state index contributed by atoms with van der Waals surface area (Å²) in [5.41, 5.74) is -2.07. The zero-order valence-electron chi connectivity index (χ0n) is 17.4. The Morgan fingerprint density at radius 3 is 2.45 bits per heavy atom. The van der Waals surface area contributed by atoms with Gasteiger partial charge in [0, 0.05) is 12.3 Å². The van der Waals surface area contributed by atoms with Crippen LogP contribution in [0, 0.1) is 0 Å². The molecule has 1 aliphatic heterocycles. The van der Waals surface area contributed by atoms with Gasteiger partial charge < -0.3 is 14.6 Å². The average molecular weight is 463 g/mol. The van der Waals surface area contributed by atoms with Crippen LogP contribution in [0.25, 0.3) is 0 Å². The number of para-hydroxylation sites is 2. The molecule has 2 amide bonds. The Hall–Kier alpha value is -3.63. The van der Waals surface area contributed by atoms with Crippen LogP contribution in [0.15, 0.2) is 47.4 Å². The van der Waals surface area contributed by atoms with Crippen molar-refractivity contribution < 1.29 is 32.3 Å². The quantitative estimate of drug-likeness (QED) is 0.704. The number of anilines is 2. The van der Waals surface area contributed by atoms with Gasteiger partial charge in [-0.05, 0) is 31.0 Å². The molecule has 1 fully saturated rings. The SMILES string of the molecule is O=C(Cn1cc(C(F)(F)F)ccc1=O)OCC(=O)N1c2ccccc2NC(=O)C12CCCC2. The summed E-state index contributed by atoms with van der Waals surface area (Å²) in [4.78, 5) is 51.4. The van der Waals surface area contributed by atoms with Crippen LogP contribution >= 0.6 is 0 Å². The second-order valence-corrected chi connectivity index (χ2v) is 7.98. The zero-order chi connectivity index (χ0) is 23.8. The molecule has 11 heteroatoms. The first-order valence-electron chi connectivity index (χ1n) is 10.3. The Bertz CT molecular complexity index is 1170. The molecule has 0 unspecified atom stereocenters. The number of benzene rings is 1. The molecule has 0 saturated heterocycles. The number of hydrogen-bond donors (Lipinski definition) is 1. The molecule has 1 N–H and O–H groups in total. The largest absolute Gasteiger partial charge is 0.454 e. The van der Waals surface area contributed by atoms with Gasteiger partial charge in [0.15, 0.2) is 6.61 Å². The highest BCUT2D eigenvalue weighted by atomic mass is 19.4. The molecule has 1 spiro atoms. The Morgan fingerprint density at radius 1 is 1.06 bits per heavy atom. The topological polar surface area (TPSA) is 97.7 Å². The number of nitrogens with zero attached hydrogens (tertiary/aromatic N) is 2. The van der Waals surface area contributed by atoms with Crippen LogP contribution in [0.3, 0.4) is 0 Å². The number of carbonyl (C=O) groups excluding carboxylic acids is 3. The smallest absolute Gasteiger partial charge is 0.417 e. The number of halogens is 3. The number of aromatic nitrogens is 1. The summed E-state index contributed by atoms with van der Waals surface area (Å²) in [6.45, 7) is -1.52. The number of esters is 1. The highest BCUT2D eigenvalue weighted by Gasteiger charge is 2.52. The van der Waals surface area contributed by atoms with Gasteiger partial charge in [0.05, 0.1) is 16.9 Å². The van der Waals surface area contributed by atoms with Crippen LogP contribution in [0.4, 0.5) is 24.5 Å². The highest BCUT2D eigenvalue weighted by Crippen LogP contribution is 2.45. The molecular weight excluding hydrogens is 443 g/mol. The van der Waals surface area contributed by atoms with E-state index in [1.54, 1.807) is 24.3 Å². The van der Waals surface area contributed by atoms with Gasteiger partial charge in [0.1, 0.15) is 12.1 Å². The molecule has 1 aromatic heterocycles. The van der Waals surface area contributed by atoms with Crippen LogP contribution in [0.1, 0.15) is 31.2 Å². The van der Waals surface area contributed by atoms with Gasteiger partial charge in [-0.1, -0.05) is 25.0 Å². The van der Waals surface area contributed by atoms with Crippen molar-refractivity contribution in [3.8, 4) is 0 Å². The maximum atomic E-state index is 13.1. The summed E-state index contributed by atoms with van der Waals surface area (Å²) in [7, 11) is 0. The minimum atomic E-state index is -4.69. The summed E-state index contributed by atoms with van der Waals surface area (Å²) in [5.74, 6) is -2.00. The number of nitrogens with one attached hydrogen (secondary N) is 1. The van der Waals surface area contributed by atoms with E-state index in [1.165, 1.54) is 4.90 Å². The maximum absolute atomic E-state index is 13.1. The molecule has 33 heavy (non-hydrogen) atoms. The first-order chi connectivity index (χ1) is 15.6. The van der Waals surface area contributed by atoms with Crippen molar-refractivity contribution in [2.75, 3.05) is 16.8 Å². The fourth-order valence-corrected chi connectivity index (χ4v) is 4.34. The average Bonchev–Trinajstić information content (AvgIpc) is 3.24. The van der Waals surface area contributed by atoms with E-state index in [9.17, 15) is 32.3 Å². The van der Waals surface area contributed by atoms with Crippen LogP contribution in [0.2, 0.25) is 0 Å². The Morgan fingerprint density at radius 2 is 1.76 bits per heavy atom. The van der Waals surface area contributed by atoms with Gasteiger partial charge in [0.25, 0.3) is 17.4 Å². The summed E-state index contributed by atoms with van der Waals surface area (Å²) in [6.07, 6.45) is -1.77. The van der Waals surface area contributed by atoms with Crippen molar-refractivity contribution in [1.29, 1.82) is 0 Å². The number of fused-ring (bicyclic) bond motifs is 1. The minimum absolute atomic E-state index is 0.311. The Balaban J connectivity index is 1.51. The molecule has 4 rings (SSSR count). The number of amides is 2. The third-order valence-electron chi connectivity index (χ3n) is 5.89. The molecule has 0 atom stereocenters. The molecule has 1 aliphatic carbocycles. The third kappa shape index (κ3) is 4.22. The van der Waals surface area contributed by atoms with Crippen LogP contribution in [-0.2, 0) is 31.8 Å². The van der Waals surface area contributed by atoms with Crippen molar-refractivity contribution >= 4 is 29.2 Å². The summed E-state index contributed by atoms with van der Waals surface area (Å²) >= 11 is 0. The number of hydrogen-bond acceptors (Lipinski definition) is 5. The lowest BCUT2D eigenvalue weighted by atomic mass is 9.90. The molecule has 174 valence electrons. The van der Waals surface area contributed by atoms with E-state index in [-0.39, 0.29) is 5.91 Å². The number of ether oxygens (including phenoxy) is 1. The van der Waals surface area contributed by atoms with Crippen molar-refractivity contribution in [2.24, 2.45) is 0 Å². The lowest BCUT2D eigenvalue weighted by Gasteiger charge is -2.44. The number of carbonyl (C=O) groups is 3. The first kappa shape index (κ1) is 22.6. The van der Waals surface area contributed by atoms with Crippen molar-refractivity contribution in [3.05, 3.63) is 58.5 Å². The van der Waals surface area contributed by atoms with Gasteiger partial charge >= 0.3 is 12.1 Å². The van der Waals surface area contributed by atoms with E-state index in [4.69, 9.17) is 4.74 Å². The minimum Gasteiger partial charge on any atom is -0.454 e. The highest BCUT2D eigenvalue weighted by molar-refractivity contribution is 6.15. The van der Waals surface area contributed by atoms with Gasteiger partial charge in [0.2, 0.25) is 0 Å². The third-order valence-corrected chi connectivity index (χ3v) is 5.89. The molecule has 1 aromatic carbocycles. The molecule has 0 bridgehead atoms. The van der Waals surface area contributed by atoms with Gasteiger partial charge in [-0.15, -0.1) is 0 Å². The monoisotopic (exact) mass is 463 g/mol. The fourth-order valence-electron chi connectivity index (χ4n) is 4.34. The predicted molar refractivity (Wildman–Crippen MR) is 110 cm³/mol. The summed E-state index contributed by atoms with van der Waals surface area (Å²) in [6, 6.07) is 8.08. The first-order valence-corrected chi connectivity index (χ1v) is 10.3. The van der Waals surface area contributed by atoms with Crippen molar-refractivity contribution in [1.82, 2.24) is 4.57 Å². The number of alkyl halides is 3. The lowest BCUT2D eigenvalue weighted by molar-refractivity contribution is -0.149. The van der Waals surface area contributed by atoms with Crippen LogP contribution < -0.4 is 15.8 Å². The lowest BCUT2D eigenvalue weighted by Crippen LogP contribution is -2.61. The van der Waals surface area contributed by atoms with Crippen LogP contribution in [-0.4, -0.2) is 34.5 Å². The van der Waals surface area contributed by atoms with E-state index < -0.39 is 47.9 Å². The normalized spacial score (nSPS) is 16.9. The number of rotatable bonds is 4. The van der Waals surface area contributed by atoms with Gasteiger partial charge in [-0.25, -0.2) is 0 Å². The fraction of sp³-hybridized carbons (Fsp3) is 0.364. The molecule has 8 nitrogen and oxygen atoms in total. The Labute approximate surface area is 185 Å². The van der Waals surface area contributed by atoms with Crippen molar-refractivity contribution in [2.45, 2.75) is 43.9 Å². The molecular formula is C22H20F3N3O5. The van der Waals surface area contributed by atoms with Gasteiger partial charge in [-0.2, -0.15) is 13.2 Å². The summed E-state index contributed by atoms with van der Waals surface area (Å²) in [5, 5.41) is 2.83. The second kappa shape index (κ2) is 8.38. The molecule has 2 heterocycles. The van der Waals surface area contributed by atoms with Crippen molar-refractivity contribution in [3.63, 3.8) is 0 Å². The maximum Gasteiger partial charge on any atom is 0.417 e. The Kier molecular flexibility index (Phi) is 5.73. The molecule has 2 aromatic rings. The van der Waals surface area contributed by atoms with E-state index in [2.05, 4.69) is 5.32 Å². The summed E-state index contributed by atoms with van der Waals surface area (Å²) < 4.78 is 44.2. The van der Waals surface area contributed by atoms with E-state index >= 15 is 0 Å². The molecule has 2 aliphatic rings. The standard InChI is InChI=1S/C22H20F3N3O5/c23-22(24,25)14-7-8-17(29)27(11-14)12-19(31)33-13-18(30)28-16-6-2-1-5-15(16)26-20(32)21(28)9-3-4-10-21/h1-2,5-8,11H,3-4,9-10,12-13H2,(H,26,32). The second-order valence-electron chi connectivity index (χ2n) is 7.98. The number of pyridine rings is 1. The van der Waals surface area contributed by atoms with E-state index in [0.717, 1.165) is 12.8 Å². The molecule has 0 radical (unpaired) electrons. The van der Waals surface area contributed by atoms with Gasteiger partial charge in [-0.3, -0.25) is 24.1 Å². The van der Waals surface area contributed by atoms with E-state index in [1.807, 2.05) is 0 Å². The predicted octanol–water partition coefficient (Wildman–Crippen LogP) is 2.71. The zero-order valence-corrected chi connectivity index (χ0v) is 17.4. The molecule has 1 saturated carbocycles.